The monoisotopic (exact) mass is 717 g/mol. The minimum absolute atomic E-state index is 0.0878. The first-order valence-electron chi connectivity index (χ1n) is 15.5. The van der Waals surface area contributed by atoms with Crippen LogP contribution in [0.1, 0.15) is 77.7 Å². The van der Waals surface area contributed by atoms with Crippen molar-refractivity contribution in [3.63, 3.8) is 0 Å². The number of amides is 1. The summed E-state index contributed by atoms with van der Waals surface area (Å²) in [6.07, 6.45) is -11.7. The van der Waals surface area contributed by atoms with Gasteiger partial charge in [-0.3, -0.25) is 14.4 Å². The van der Waals surface area contributed by atoms with Crippen LogP contribution in [0, 0.1) is 26.6 Å². The Bertz CT molecular complexity index is 1780. The van der Waals surface area contributed by atoms with Gasteiger partial charge >= 0.3 is 18.3 Å². The van der Waals surface area contributed by atoms with Gasteiger partial charge in [0.15, 0.2) is 0 Å². The maximum Gasteiger partial charge on any atom is 0.419 e. The highest BCUT2D eigenvalue weighted by molar-refractivity contribution is 5.82. The van der Waals surface area contributed by atoms with Gasteiger partial charge in [-0.1, -0.05) is 17.7 Å². The molecule has 0 saturated heterocycles. The normalized spacial score (nSPS) is 13.8. The molecule has 2 aromatic carbocycles. The number of hydrogen-bond acceptors (Lipinski definition) is 4. The highest BCUT2D eigenvalue weighted by atomic mass is 19.4. The van der Waals surface area contributed by atoms with Crippen molar-refractivity contribution in [3.8, 4) is 11.1 Å². The Hall–Kier alpha value is -4.27. The van der Waals surface area contributed by atoms with E-state index in [9.17, 15) is 45.8 Å². The molecule has 0 spiro atoms. The zero-order valence-electron chi connectivity index (χ0n) is 28.5. The fourth-order valence-corrected chi connectivity index (χ4v) is 5.99. The van der Waals surface area contributed by atoms with Gasteiger partial charge in [0.05, 0.1) is 23.6 Å². The summed E-state index contributed by atoms with van der Waals surface area (Å²) in [5.41, 5.74) is -5.82. The predicted molar refractivity (Wildman–Crippen MR) is 171 cm³/mol. The van der Waals surface area contributed by atoms with Gasteiger partial charge < -0.3 is 19.9 Å². The Kier molecular flexibility index (Phi) is 12.0. The van der Waals surface area contributed by atoms with Crippen LogP contribution in [-0.2, 0) is 28.4 Å². The minimum atomic E-state index is -5.25. The fraction of sp³-hybridized carbons (Fsp3) is 0.457. The van der Waals surface area contributed by atoms with Gasteiger partial charge in [-0.05, 0) is 95.1 Å². The molecule has 274 valence electrons. The number of aryl methyl sites for hydroxylation is 3. The minimum Gasteiger partial charge on any atom is -0.481 e. The quantitative estimate of drug-likeness (QED) is 0.187. The van der Waals surface area contributed by atoms with Crippen LogP contribution in [0.3, 0.4) is 0 Å². The third kappa shape index (κ3) is 9.92. The van der Waals surface area contributed by atoms with Gasteiger partial charge in [-0.15, -0.1) is 0 Å². The summed E-state index contributed by atoms with van der Waals surface area (Å²) in [6, 6.07) is 1.29. The number of alkyl halides is 7. The predicted octanol–water partition coefficient (Wildman–Crippen LogP) is 7.73. The molecule has 3 aromatic rings. The molecule has 50 heavy (non-hydrogen) atoms. The average molecular weight is 718 g/mol. The van der Waals surface area contributed by atoms with Gasteiger partial charge in [-0.25, -0.2) is 8.78 Å². The summed E-state index contributed by atoms with van der Waals surface area (Å²) in [6.45, 7) is 7.15. The molecule has 0 bridgehead atoms. The molecule has 1 amide bonds. The molecule has 1 heterocycles. The highest BCUT2D eigenvalue weighted by Gasteiger charge is 2.40. The number of carboxylic acids is 1. The molecule has 0 fully saturated rings. The molecule has 7 nitrogen and oxygen atoms in total. The number of nitrogens with zero attached hydrogens (tertiary/aromatic N) is 2. The molecular weight excluding hydrogens is 678 g/mol. The summed E-state index contributed by atoms with van der Waals surface area (Å²) < 4.78 is 116. The number of carboxylic acid groups (broad SMARTS) is 1. The van der Waals surface area contributed by atoms with Crippen LogP contribution in [0.5, 0.6) is 0 Å². The van der Waals surface area contributed by atoms with Gasteiger partial charge in [0.1, 0.15) is 17.5 Å². The molecule has 2 N–H and O–H groups in total. The lowest BCUT2D eigenvalue weighted by atomic mass is 9.89. The Balaban J connectivity index is 2.27. The first-order valence-corrected chi connectivity index (χ1v) is 15.5. The number of pyridine rings is 1. The second-order valence-corrected chi connectivity index (χ2v) is 13.3. The van der Waals surface area contributed by atoms with Gasteiger partial charge in [0.25, 0.3) is 5.56 Å². The van der Waals surface area contributed by atoms with E-state index in [1.807, 2.05) is 0 Å². The van der Waals surface area contributed by atoms with Crippen LogP contribution < -0.4 is 10.9 Å². The molecule has 3 rings (SSSR count). The van der Waals surface area contributed by atoms with Crippen molar-refractivity contribution < 1.29 is 49.8 Å². The first kappa shape index (κ1) is 40.2. The van der Waals surface area contributed by atoms with Crippen LogP contribution in [0.25, 0.3) is 11.1 Å². The third-order valence-electron chi connectivity index (χ3n) is 8.06. The SMILES string of the molecule is Cc1cc(C)c(-c2cc(C(CC(=O)O)NC(=O)C(CC(C)(C)F)n3cc(CCN(C)C)c(C(F)(F)F)cc3=O)c(F)c(C(F)(F)F)c2)c(C)c1. The van der Waals surface area contributed by atoms with Crippen molar-refractivity contribution in [1.82, 2.24) is 14.8 Å². The Morgan fingerprint density at radius 2 is 1.46 bits per heavy atom. The topological polar surface area (TPSA) is 91.6 Å². The number of carbonyl (C=O) groups is 2. The molecule has 0 aliphatic carbocycles. The van der Waals surface area contributed by atoms with Crippen LogP contribution in [0.2, 0.25) is 0 Å². The average Bonchev–Trinajstić information content (AvgIpc) is 2.93. The van der Waals surface area contributed by atoms with Gasteiger partial charge in [0.2, 0.25) is 5.91 Å². The first-order chi connectivity index (χ1) is 22.8. The van der Waals surface area contributed by atoms with Crippen LogP contribution >= 0.6 is 0 Å². The molecule has 2 atom stereocenters. The second-order valence-electron chi connectivity index (χ2n) is 13.3. The number of aliphatic carboxylic acids is 1. The summed E-state index contributed by atoms with van der Waals surface area (Å²) in [5.74, 6) is -4.85. The molecule has 0 saturated carbocycles. The van der Waals surface area contributed by atoms with E-state index >= 15 is 8.78 Å². The molecule has 15 heteroatoms. The van der Waals surface area contributed by atoms with E-state index in [2.05, 4.69) is 5.32 Å². The number of halogens is 8. The van der Waals surface area contributed by atoms with Crippen molar-refractivity contribution in [1.29, 1.82) is 0 Å². The number of rotatable bonds is 12. The van der Waals surface area contributed by atoms with E-state index in [0.29, 0.717) is 27.3 Å². The largest absolute Gasteiger partial charge is 0.481 e. The zero-order chi connectivity index (χ0) is 38.1. The Labute approximate surface area is 283 Å². The van der Waals surface area contributed by atoms with Crippen molar-refractivity contribution in [2.75, 3.05) is 20.6 Å². The number of aromatic nitrogens is 1. The van der Waals surface area contributed by atoms with E-state index in [0.717, 1.165) is 31.7 Å². The maximum absolute atomic E-state index is 15.8. The lowest BCUT2D eigenvalue weighted by Gasteiger charge is -2.28. The standard InChI is InChI=1S/C35H39F8N3O4/c1-18-10-19(2)30(20(3)11-18)22-12-23(31(36)25(13-22)35(41,42)43)26(15-29(48)49)44-32(50)27(16-33(4,5)37)46-17-21(8-9-45(6)7)24(14-28(46)47)34(38,39)40/h10-14,17,26-27H,8-9,15-16H2,1-7H3,(H,44,50)(H,48,49). The van der Waals surface area contributed by atoms with Crippen molar-refractivity contribution in [3.05, 3.63) is 91.6 Å². The van der Waals surface area contributed by atoms with Gasteiger partial charge in [-0.2, -0.15) is 26.3 Å². The van der Waals surface area contributed by atoms with Crippen LogP contribution in [-0.4, -0.2) is 52.8 Å². The Morgan fingerprint density at radius 1 is 0.900 bits per heavy atom. The number of likely N-dealkylation sites (N-methyl/N-ethyl adjacent to an activating group) is 1. The maximum atomic E-state index is 15.8. The number of benzene rings is 2. The summed E-state index contributed by atoms with van der Waals surface area (Å²) in [5, 5.41) is 11.9. The molecule has 0 radical (unpaired) electrons. The third-order valence-corrected chi connectivity index (χ3v) is 8.06. The summed E-state index contributed by atoms with van der Waals surface area (Å²) >= 11 is 0. The number of hydrogen-bond donors (Lipinski definition) is 2. The second kappa shape index (κ2) is 14.9. The lowest BCUT2D eigenvalue weighted by Crippen LogP contribution is -2.42. The molecule has 2 unspecified atom stereocenters. The fourth-order valence-electron chi connectivity index (χ4n) is 5.99. The summed E-state index contributed by atoms with van der Waals surface area (Å²) in [7, 11) is 3.18. The molecular formula is C35H39F8N3O4. The van der Waals surface area contributed by atoms with Crippen molar-refractivity contribution >= 4 is 11.9 Å². The van der Waals surface area contributed by atoms with Crippen LogP contribution in [0.15, 0.2) is 41.3 Å². The van der Waals surface area contributed by atoms with E-state index in [4.69, 9.17) is 0 Å². The van der Waals surface area contributed by atoms with Gasteiger partial charge in [0, 0.05) is 30.8 Å². The molecule has 1 aromatic heterocycles. The van der Waals surface area contributed by atoms with Crippen molar-refractivity contribution in [2.24, 2.45) is 0 Å². The summed E-state index contributed by atoms with van der Waals surface area (Å²) in [4.78, 5) is 40.5. The highest BCUT2D eigenvalue weighted by Crippen LogP contribution is 2.40. The molecule has 0 aliphatic rings. The zero-order valence-corrected chi connectivity index (χ0v) is 28.5. The number of carbonyl (C=O) groups excluding carboxylic acids is 1. The van der Waals surface area contributed by atoms with E-state index in [-0.39, 0.29) is 24.6 Å². The molecule has 0 aliphatic heterocycles. The van der Waals surface area contributed by atoms with Crippen LogP contribution in [0.4, 0.5) is 35.1 Å². The smallest absolute Gasteiger partial charge is 0.419 e. The lowest BCUT2D eigenvalue weighted by molar-refractivity contribution is -0.140. The van der Waals surface area contributed by atoms with E-state index < -0.39 is 88.5 Å². The Morgan fingerprint density at radius 3 is 1.94 bits per heavy atom. The van der Waals surface area contributed by atoms with E-state index in [1.54, 1.807) is 51.9 Å². The number of nitrogens with one attached hydrogen (secondary N) is 1. The van der Waals surface area contributed by atoms with Crippen molar-refractivity contribution in [2.45, 2.75) is 84.0 Å². The van der Waals surface area contributed by atoms with E-state index in [1.165, 1.54) is 0 Å².